The lowest BCUT2D eigenvalue weighted by Crippen LogP contribution is -2.34. The summed E-state index contributed by atoms with van der Waals surface area (Å²) in [7, 11) is 0. The summed E-state index contributed by atoms with van der Waals surface area (Å²) >= 11 is 1.70. The molecule has 0 aromatic heterocycles. The van der Waals surface area contributed by atoms with E-state index in [1.165, 1.54) is 38.1 Å². The van der Waals surface area contributed by atoms with Gasteiger partial charge < -0.3 is 10.2 Å². The van der Waals surface area contributed by atoms with Crippen molar-refractivity contribution in [3.63, 3.8) is 0 Å². The molecule has 2 saturated heterocycles. The van der Waals surface area contributed by atoms with Gasteiger partial charge in [0.25, 0.3) is 0 Å². The highest BCUT2D eigenvalue weighted by Crippen LogP contribution is 2.24. The van der Waals surface area contributed by atoms with Gasteiger partial charge in [-0.15, -0.1) is 0 Å². The van der Waals surface area contributed by atoms with Gasteiger partial charge in [-0.1, -0.05) is 12.1 Å². The van der Waals surface area contributed by atoms with Crippen LogP contribution in [0, 0.1) is 11.7 Å². The summed E-state index contributed by atoms with van der Waals surface area (Å²) in [4.78, 5) is 14.5. The number of hydrazine groups is 1. The topological polar surface area (TPSA) is 56.4 Å². The maximum Gasteiger partial charge on any atom is 0.230 e. The van der Waals surface area contributed by atoms with Crippen LogP contribution in [0.3, 0.4) is 0 Å². The number of nitrogens with one attached hydrogen (secondary N) is 3. The summed E-state index contributed by atoms with van der Waals surface area (Å²) < 4.78 is 13.1. The predicted molar refractivity (Wildman–Crippen MR) is 99.8 cm³/mol. The fraction of sp³-hybridized carbons (Fsp3) is 0.611. The van der Waals surface area contributed by atoms with Crippen molar-refractivity contribution in [2.45, 2.75) is 18.9 Å². The molecule has 2 fully saturated rings. The van der Waals surface area contributed by atoms with Gasteiger partial charge in [0.1, 0.15) is 5.82 Å². The second kappa shape index (κ2) is 9.52. The van der Waals surface area contributed by atoms with E-state index in [4.69, 9.17) is 0 Å². The summed E-state index contributed by atoms with van der Waals surface area (Å²) in [5, 5.41) is 3.04. The van der Waals surface area contributed by atoms with Crippen LogP contribution in [0.25, 0.3) is 0 Å². The standard InChI is InChI=1S/C18H27FN4OS/c19-16-5-3-14(4-6-16)18-15(12-21-22-18)11-20-17(24)13-25-10-9-23-7-1-2-8-23/h3-6,15,18,21-22H,1-2,7-13H2,(H,20,24). The van der Waals surface area contributed by atoms with E-state index in [9.17, 15) is 9.18 Å². The van der Waals surface area contributed by atoms with E-state index in [0.717, 1.165) is 24.4 Å². The molecule has 2 heterocycles. The molecular weight excluding hydrogens is 339 g/mol. The number of nitrogens with zero attached hydrogens (tertiary/aromatic N) is 1. The largest absolute Gasteiger partial charge is 0.355 e. The van der Waals surface area contributed by atoms with Crippen LogP contribution in [0.15, 0.2) is 24.3 Å². The third-order valence-corrected chi connectivity index (χ3v) is 5.81. The van der Waals surface area contributed by atoms with Crippen LogP contribution in [-0.4, -0.2) is 55.0 Å². The molecule has 5 nitrogen and oxygen atoms in total. The molecule has 3 rings (SSSR count). The number of hydrogen-bond acceptors (Lipinski definition) is 5. The number of halogens is 1. The van der Waals surface area contributed by atoms with Crippen molar-refractivity contribution in [3.8, 4) is 0 Å². The molecule has 0 aliphatic carbocycles. The second-order valence-electron chi connectivity index (χ2n) is 6.72. The molecule has 2 atom stereocenters. The van der Waals surface area contributed by atoms with Crippen LogP contribution in [0.1, 0.15) is 24.4 Å². The van der Waals surface area contributed by atoms with E-state index in [0.29, 0.717) is 12.3 Å². The molecule has 1 amide bonds. The average molecular weight is 367 g/mol. The van der Waals surface area contributed by atoms with E-state index in [-0.39, 0.29) is 23.7 Å². The number of hydrogen-bond donors (Lipinski definition) is 3. The molecule has 0 bridgehead atoms. The fourth-order valence-electron chi connectivity index (χ4n) is 3.41. The van der Waals surface area contributed by atoms with Gasteiger partial charge in [-0.05, 0) is 43.6 Å². The van der Waals surface area contributed by atoms with E-state index in [1.54, 1.807) is 23.9 Å². The minimum absolute atomic E-state index is 0.0868. The predicted octanol–water partition coefficient (Wildman–Crippen LogP) is 1.54. The molecule has 2 aliphatic rings. The highest BCUT2D eigenvalue weighted by Gasteiger charge is 2.28. The van der Waals surface area contributed by atoms with Crippen LogP contribution in [0.4, 0.5) is 4.39 Å². The Hall–Kier alpha value is -1.15. The molecule has 1 aromatic carbocycles. The molecule has 1 aromatic rings. The first-order valence-corrected chi connectivity index (χ1v) is 10.2. The molecule has 7 heteroatoms. The number of benzene rings is 1. The number of carbonyl (C=O) groups is 1. The van der Waals surface area contributed by atoms with Crippen molar-refractivity contribution in [2.24, 2.45) is 5.92 Å². The lowest BCUT2D eigenvalue weighted by molar-refractivity contribution is -0.118. The molecule has 2 unspecified atom stereocenters. The molecule has 0 radical (unpaired) electrons. The number of amides is 1. The Labute approximate surface area is 153 Å². The van der Waals surface area contributed by atoms with Crippen molar-refractivity contribution in [2.75, 3.05) is 44.2 Å². The number of carbonyl (C=O) groups excluding carboxylic acids is 1. The van der Waals surface area contributed by atoms with Crippen LogP contribution >= 0.6 is 11.8 Å². The Morgan fingerprint density at radius 3 is 2.80 bits per heavy atom. The van der Waals surface area contributed by atoms with Crippen molar-refractivity contribution in [1.29, 1.82) is 0 Å². The van der Waals surface area contributed by atoms with Crippen LogP contribution in [0.2, 0.25) is 0 Å². The Kier molecular flexibility index (Phi) is 7.10. The van der Waals surface area contributed by atoms with Crippen molar-refractivity contribution < 1.29 is 9.18 Å². The highest BCUT2D eigenvalue weighted by atomic mass is 32.2. The number of likely N-dealkylation sites (tertiary alicyclic amines) is 1. The smallest absolute Gasteiger partial charge is 0.230 e. The monoisotopic (exact) mass is 366 g/mol. The Morgan fingerprint density at radius 2 is 2.04 bits per heavy atom. The summed E-state index contributed by atoms with van der Waals surface area (Å²) in [5.41, 5.74) is 7.39. The molecular formula is C18H27FN4OS. The average Bonchev–Trinajstić information content (AvgIpc) is 3.29. The third kappa shape index (κ3) is 5.67. The van der Waals surface area contributed by atoms with Gasteiger partial charge in [-0.3, -0.25) is 10.2 Å². The zero-order valence-corrected chi connectivity index (χ0v) is 15.3. The lowest BCUT2D eigenvalue weighted by atomic mass is 9.95. The summed E-state index contributed by atoms with van der Waals surface area (Å²) in [6, 6.07) is 6.62. The van der Waals surface area contributed by atoms with Gasteiger partial charge in [0.2, 0.25) is 5.91 Å². The third-order valence-electron chi connectivity index (χ3n) is 4.87. The maximum atomic E-state index is 13.1. The zero-order chi connectivity index (χ0) is 17.5. The molecule has 138 valence electrons. The lowest BCUT2D eigenvalue weighted by Gasteiger charge is -2.19. The Balaban J connectivity index is 1.35. The van der Waals surface area contributed by atoms with Gasteiger partial charge in [-0.2, -0.15) is 11.8 Å². The van der Waals surface area contributed by atoms with Crippen molar-refractivity contribution >= 4 is 17.7 Å². The zero-order valence-electron chi connectivity index (χ0n) is 14.5. The van der Waals surface area contributed by atoms with Gasteiger partial charge in [0.05, 0.1) is 11.8 Å². The van der Waals surface area contributed by atoms with Crippen LogP contribution in [-0.2, 0) is 4.79 Å². The molecule has 0 saturated carbocycles. The number of thioether (sulfide) groups is 1. The Morgan fingerprint density at radius 1 is 1.28 bits per heavy atom. The molecule has 0 spiro atoms. The van der Waals surface area contributed by atoms with E-state index >= 15 is 0 Å². The summed E-state index contributed by atoms with van der Waals surface area (Å²) in [6.07, 6.45) is 2.62. The van der Waals surface area contributed by atoms with Crippen molar-refractivity contribution in [1.82, 2.24) is 21.1 Å². The molecule has 25 heavy (non-hydrogen) atoms. The van der Waals surface area contributed by atoms with Gasteiger partial charge in [-0.25, -0.2) is 9.82 Å². The summed E-state index contributed by atoms with van der Waals surface area (Å²) in [6.45, 7) is 4.90. The minimum Gasteiger partial charge on any atom is -0.355 e. The van der Waals surface area contributed by atoms with Gasteiger partial charge >= 0.3 is 0 Å². The van der Waals surface area contributed by atoms with E-state index in [1.807, 2.05) is 0 Å². The number of rotatable bonds is 8. The molecule has 2 aliphatic heterocycles. The van der Waals surface area contributed by atoms with Crippen molar-refractivity contribution in [3.05, 3.63) is 35.6 Å². The van der Waals surface area contributed by atoms with E-state index in [2.05, 4.69) is 21.1 Å². The Bertz CT molecular complexity index is 551. The van der Waals surface area contributed by atoms with Crippen LogP contribution < -0.4 is 16.2 Å². The summed E-state index contributed by atoms with van der Waals surface area (Å²) in [5.74, 6) is 1.64. The molecule has 3 N–H and O–H groups in total. The quantitative estimate of drug-likeness (QED) is 0.610. The second-order valence-corrected chi connectivity index (χ2v) is 7.83. The van der Waals surface area contributed by atoms with E-state index < -0.39 is 0 Å². The SMILES string of the molecule is O=C(CSCCN1CCCC1)NCC1CNNC1c1ccc(F)cc1. The van der Waals surface area contributed by atoms with Gasteiger partial charge in [0.15, 0.2) is 0 Å². The normalized spacial score (nSPS) is 23.9. The first kappa shape index (κ1) is 18.6. The fourth-order valence-corrected chi connectivity index (χ4v) is 4.23. The first-order valence-electron chi connectivity index (χ1n) is 9.03. The maximum absolute atomic E-state index is 13.1. The van der Waals surface area contributed by atoms with Crippen LogP contribution in [0.5, 0.6) is 0 Å². The minimum atomic E-state index is -0.231. The highest BCUT2D eigenvalue weighted by molar-refractivity contribution is 7.99. The first-order chi connectivity index (χ1) is 12.2. The van der Waals surface area contributed by atoms with Gasteiger partial charge in [0, 0.05) is 31.3 Å².